The van der Waals surface area contributed by atoms with Crippen molar-refractivity contribution in [2.24, 2.45) is 5.73 Å². The minimum absolute atomic E-state index is 0.150. The lowest BCUT2D eigenvalue weighted by molar-refractivity contribution is 0.290. The van der Waals surface area contributed by atoms with Crippen molar-refractivity contribution >= 4 is 0 Å². The van der Waals surface area contributed by atoms with Crippen molar-refractivity contribution in [1.82, 2.24) is 0 Å². The molecule has 0 aliphatic heterocycles. The highest BCUT2D eigenvalue weighted by Gasteiger charge is 2.06. The highest BCUT2D eigenvalue weighted by Crippen LogP contribution is 2.21. The summed E-state index contributed by atoms with van der Waals surface area (Å²) in [4.78, 5) is 0. The van der Waals surface area contributed by atoms with Gasteiger partial charge >= 0.3 is 0 Å². The van der Waals surface area contributed by atoms with Crippen LogP contribution in [0.3, 0.4) is 0 Å². The van der Waals surface area contributed by atoms with E-state index in [2.05, 4.69) is 6.92 Å². The molecule has 3 heteroatoms. The number of ether oxygens (including phenoxy) is 1. The molecule has 0 saturated heterocycles. The second-order valence-corrected chi connectivity index (χ2v) is 4.39. The molecule has 1 rings (SSSR count). The van der Waals surface area contributed by atoms with Gasteiger partial charge < -0.3 is 10.5 Å². The van der Waals surface area contributed by atoms with Crippen molar-refractivity contribution in [3.05, 3.63) is 29.6 Å². The Kier molecular flexibility index (Phi) is 5.98. The lowest BCUT2D eigenvalue weighted by Gasteiger charge is -2.10. The molecule has 0 saturated carbocycles. The van der Waals surface area contributed by atoms with Crippen LogP contribution in [0.15, 0.2) is 18.2 Å². The maximum atomic E-state index is 13.6. The highest BCUT2D eigenvalue weighted by molar-refractivity contribution is 5.30. The Morgan fingerprint density at radius 3 is 2.65 bits per heavy atom. The van der Waals surface area contributed by atoms with Gasteiger partial charge in [-0.15, -0.1) is 0 Å². The van der Waals surface area contributed by atoms with E-state index in [1.54, 1.807) is 6.07 Å². The van der Waals surface area contributed by atoms with Gasteiger partial charge in [0.2, 0.25) is 0 Å². The summed E-state index contributed by atoms with van der Waals surface area (Å²) in [5.41, 5.74) is 6.47. The lowest BCUT2D eigenvalue weighted by atomic mass is 10.1. The molecule has 0 radical (unpaired) electrons. The van der Waals surface area contributed by atoms with Crippen LogP contribution in [0.2, 0.25) is 0 Å². The molecule has 1 aromatic carbocycles. The molecule has 2 N–H and O–H groups in total. The molecule has 1 atom stereocenters. The van der Waals surface area contributed by atoms with Crippen molar-refractivity contribution in [3.63, 3.8) is 0 Å². The largest absolute Gasteiger partial charge is 0.491 e. The van der Waals surface area contributed by atoms with Crippen LogP contribution < -0.4 is 10.5 Å². The second-order valence-electron chi connectivity index (χ2n) is 4.39. The molecule has 17 heavy (non-hydrogen) atoms. The fourth-order valence-corrected chi connectivity index (χ4v) is 1.63. The Morgan fingerprint density at radius 1 is 1.29 bits per heavy atom. The van der Waals surface area contributed by atoms with Gasteiger partial charge in [-0.05, 0) is 31.0 Å². The Morgan fingerprint density at radius 2 is 2.06 bits per heavy atom. The van der Waals surface area contributed by atoms with Gasteiger partial charge in [-0.2, -0.15) is 0 Å². The Balaban J connectivity index is 2.43. The van der Waals surface area contributed by atoms with Crippen LogP contribution in [0.4, 0.5) is 4.39 Å². The summed E-state index contributed by atoms with van der Waals surface area (Å²) in [7, 11) is 0. The van der Waals surface area contributed by atoms with E-state index < -0.39 is 0 Å². The summed E-state index contributed by atoms with van der Waals surface area (Å²) in [6.07, 6.45) is 4.51. The summed E-state index contributed by atoms with van der Waals surface area (Å²) < 4.78 is 19.0. The zero-order valence-corrected chi connectivity index (χ0v) is 10.7. The minimum Gasteiger partial charge on any atom is -0.491 e. The number of hydrogen-bond acceptors (Lipinski definition) is 2. The third-order valence-electron chi connectivity index (χ3n) is 2.74. The Bertz CT molecular complexity index is 339. The van der Waals surface area contributed by atoms with E-state index in [4.69, 9.17) is 10.5 Å². The minimum atomic E-state index is -0.324. The van der Waals surface area contributed by atoms with Crippen molar-refractivity contribution in [1.29, 1.82) is 0 Å². The maximum absolute atomic E-state index is 13.6. The van der Waals surface area contributed by atoms with E-state index in [-0.39, 0.29) is 11.9 Å². The molecule has 0 aliphatic rings. The first-order chi connectivity index (χ1) is 8.15. The molecule has 0 unspecified atom stereocenters. The first-order valence-corrected chi connectivity index (χ1v) is 6.33. The zero-order valence-electron chi connectivity index (χ0n) is 10.7. The predicted molar refractivity (Wildman–Crippen MR) is 68.6 cm³/mol. The van der Waals surface area contributed by atoms with Gasteiger partial charge in [0.25, 0.3) is 0 Å². The second kappa shape index (κ2) is 7.28. The lowest BCUT2D eigenvalue weighted by Crippen LogP contribution is -2.06. The van der Waals surface area contributed by atoms with Crippen LogP contribution in [-0.4, -0.2) is 6.61 Å². The van der Waals surface area contributed by atoms with Crippen LogP contribution in [0, 0.1) is 5.82 Å². The fourth-order valence-electron chi connectivity index (χ4n) is 1.63. The summed E-state index contributed by atoms with van der Waals surface area (Å²) >= 11 is 0. The first kappa shape index (κ1) is 14.0. The number of unbranched alkanes of at least 4 members (excludes halogenated alkanes) is 3. The molecule has 0 bridgehead atoms. The van der Waals surface area contributed by atoms with Crippen LogP contribution in [-0.2, 0) is 0 Å². The summed E-state index contributed by atoms with van der Waals surface area (Å²) in [5.74, 6) is 0.00110. The van der Waals surface area contributed by atoms with E-state index in [0.717, 1.165) is 18.4 Å². The summed E-state index contributed by atoms with van der Waals surface area (Å²) in [6.45, 7) is 4.57. The number of nitrogens with two attached hydrogens (primary N) is 1. The van der Waals surface area contributed by atoms with Gasteiger partial charge in [0.15, 0.2) is 11.6 Å². The quantitative estimate of drug-likeness (QED) is 0.734. The molecule has 1 aromatic rings. The van der Waals surface area contributed by atoms with Crippen molar-refractivity contribution in [3.8, 4) is 5.75 Å². The van der Waals surface area contributed by atoms with Crippen molar-refractivity contribution in [2.45, 2.75) is 45.6 Å². The third-order valence-corrected chi connectivity index (χ3v) is 2.74. The Labute approximate surface area is 103 Å². The van der Waals surface area contributed by atoms with Crippen molar-refractivity contribution < 1.29 is 9.13 Å². The smallest absolute Gasteiger partial charge is 0.165 e. The molecular weight excluding hydrogens is 217 g/mol. The molecule has 0 amide bonds. The number of halogens is 1. The monoisotopic (exact) mass is 239 g/mol. The van der Waals surface area contributed by atoms with E-state index in [1.807, 2.05) is 13.0 Å². The van der Waals surface area contributed by atoms with Crippen LogP contribution in [0.5, 0.6) is 5.75 Å². The highest BCUT2D eigenvalue weighted by atomic mass is 19.1. The molecule has 96 valence electrons. The molecule has 2 nitrogen and oxygen atoms in total. The molecule has 0 fully saturated rings. The average Bonchev–Trinajstić information content (AvgIpc) is 2.30. The number of rotatable bonds is 7. The molecule has 0 aromatic heterocycles. The summed E-state index contributed by atoms with van der Waals surface area (Å²) in [6, 6.07) is 4.78. The van der Waals surface area contributed by atoms with Gasteiger partial charge in [-0.25, -0.2) is 4.39 Å². The third kappa shape index (κ3) is 4.73. The Hall–Kier alpha value is -1.09. The van der Waals surface area contributed by atoms with Gasteiger partial charge in [-0.3, -0.25) is 0 Å². The standard InChI is InChI=1S/C14H22FNO/c1-3-4-5-6-9-17-14-8-7-12(11(2)16)10-13(14)15/h7-8,10-11H,3-6,9,16H2,1-2H3/t11-/m0/s1. The first-order valence-electron chi connectivity index (χ1n) is 6.33. The van der Waals surface area contributed by atoms with E-state index in [9.17, 15) is 4.39 Å². The summed E-state index contributed by atoms with van der Waals surface area (Å²) in [5, 5.41) is 0. The van der Waals surface area contributed by atoms with Crippen LogP contribution in [0.25, 0.3) is 0 Å². The maximum Gasteiger partial charge on any atom is 0.165 e. The normalized spacial score (nSPS) is 12.5. The molecule has 0 aliphatic carbocycles. The molecule has 0 heterocycles. The van der Waals surface area contributed by atoms with E-state index in [0.29, 0.717) is 12.4 Å². The SMILES string of the molecule is CCCCCCOc1ccc([C@H](C)N)cc1F. The fraction of sp³-hybridized carbons (Fsp3) is 0.571. The number of benzene rings is 1. The zero-order chi connectivity index (χ0) is 12.7. The van der Waals surface area contributed by atoms with Gasteiger partial charge in [0.1, 0.15) is 0 Å². The average molecular weight is 239 g/mol. The van der Waals surface area contributed by atoms with Gasteiger partial charge in [0, 0.05) is 6.04 Å². The van der Waals surface area contributed by atoms with Gasteiger partial charge in [-0.1, -0.05) is 32.3 Å². The van der Waals surface area contributed by atoms with E-state index >= 15 is 0 Å². The topological polar surface area (TPSA) is 35.2 Å². The van der Waals surface area contributed by atoms with Crippen LogP contribution >= 0.6 is 0 Å². The number of hydrogen-bond donors (Lipinski definition) is 1. The predicted octanol–water partition coefficient (Wildman–Crippen LogP) is 3.80. The van der Waals surface area contributed by atoms with E-state index in [1.165, 1.54) is 18.9 Å². The molecular formula is C14H22FNO. The van der Waals surface area contributed by atoms with Gasteiger partial charge in [0.05, 0.1) is 6.61 Å². The van der Waals surface area contributed by atoms with Crippen LogP contribution in [0.1, 0.15) is 51.1 Å². The molecule has 0 spiro atoms. The van der Waals surface area contributed by atoms with Crippen molar-refractivity contribution in [2.75, 3.05) is 6.61 Å².